The van der Waals surface area contributed by atoms with Crippen LogP contribution in [0.25, 0.3) is 0 Å². The molecule has 1 aromatic carbocycles. The Labute approximate surface area is 102 Å². The third-order valence-electron chi connectivity index (χ3n) is 2.34. The summed E-state index contributed by atoms with van der Waals surface area (Å²) in [5.41, 5.74) is 1.13. The molecule has 1 amide bonds. The molecule has 0 atom stereocenters. The van der Waals surface area contributed by atoms with Gasteiger partial charge in [-0.05, 0) is 30.0 Å². The lowest BCUT2D eigenvalue weighted by molar-refractivity contribution is 0.198. The molecule has 0 aliphatic carbocycles. The van der Waals surface area contributed by atoms with E-state index in [2.05, 4.69) is 19.2 Å². The van der Waals surface area contributed by atoms with Crippen molar-refractivity contribution in [1.29, 1.82) is 0 Å². The molecule has 0 fully saturated rings. The van der Waals surface area contributed by atoms with E-state index in [1.165, 1.54) is 0 Å². The van der Waals surface area contributed by atoms with Gasteiger partial charge in [0, 0.05) is 13.2 Å². The molecule has 0 aliphatic heterocycles. The van der Waals surface area contributed by atoms with Crippen molar-refractivity contribution in [1.82, 2.24) is 5.32 Å². The third kappa shape index (κ3) is 4.87. The lowest BCUT2D eigenvalue weighted by Gasteiger charge is -2.09. The van der Waals surface area contributed by atoms with Gasteiger partial charge in [-0.3, -0.25) is 0 Å². The number of aliphatic hydroxyl groups is 1. The van der Waals surface area contributed by atoms with Crippen LogP contribution in [0.2, 0.25) is 0 Å². The Kier molecular flexibility index (Phi) is 5.49. The van der Waals surface area contributed by atoms with Crippen molar-refractivity contribution in [3.05, 3.63) is 29.8 Å². The highest BCUT2D eigenvalue weighted by atomic mass is 16.6. The maximum absolute atomic E-state index is 11.4. The zero-order valence-electron chi connectivity index (χ0n) is 10.3. The molecule has 0 unspecified atom stereocenters. The molecule has 2 N–H and O–H groups in total. The molecule has 4 heteroatoms. The molecule has 0 aromatic heterocycles. The Morgan fingerprint density at radius 2 is 2.24 bits per heavy atom. The number of hydrogen-bond donors (Lipinski definition) is 2. The van der Waals surface area contributed by atoms with Crippen LogP contribution >= 0.6 is 0 Å². The second-order valence-corrected chi connectivity index (χ2v) is 4.12. The molecule has 0 radical (unpaired) electrons. The summed E-state index contributed by atoms with van der Waals surface area (Å²) in [7, 11) is 0. The van der Waals surface area contributed by atoms with Crippen LogP contribution < -0.4 is 10.1 Å². The summed E-state index contributed by atoms with van der Waals surface area (Å²) < 4.78 is 5.12. The normalized spacial score (nSPS) is 10.4. The molecule has 0 spiro atoms. The Morgan fingerprint density at radius 3 is 2.88 bits per heavy atom. The van der Waals surface area contributed by atoms with Crippen LogP contribution in [0.3, 0.4) is 0 Å². The van der Waals surface area contributed by atoms with Gasteiger partial charge in [0.1, 0.15) is 5.75 Å². The fraction of sp³-hybridized carbons (Fsp3) is 0.462. The van der Waals surface area contributed by atoms with Gasteiger partial charge in [0.15, 0.2) is 0 Å². The standard InChI is InChI=1S/C13H19NO3/c1-10(2)11-5-3-6-12(9-11)17-13(16)14-7-4-8-15/h3,5-6,9-10,15H,4,7-8H2,1-2H3,(H,14,16). The predicted octanol–water partition coefficient (Wildman–Crippen LogP) is 2.28. The van der Waals surface area contributed by atoms with Gasteiger partial charge in [-0.15, -0.1) is 0 Å². The third-order valence-corrected chi connectivity index (χ3v) is 2.34. The molecule has 0 bridgehead atoms. The first-order chi connectivity index (χ1) is 8.13. The van der Waals surface area contributed by atoms with Gasteiger partial charge < -0.3 is 15.2 Å². The predicted molar refractivity (Wildman–Crippen MR) is 66.3 cm³/mol. The second-order valence-electron chi connectivity index (χ2n) is 4.12. The van der Waals surface area contributed by atoms with E-state index in [0.29, 0.717) is 24.6 Å². The Morgan fingerprint density at radius 1 is 1.47 bits per heavy atom. The minimum absolute atomic E-state index is 0.0586. The van der Waals surface area contributed by atoms with E-state index in [4.69, 9.17) is 9.84 Å². The van der Waals surface area contributed by atoms with E-state index >= 15 is 0 Å². The number of benzene rings is 1. The SMILES string of the molecule is CC(C)c1cccc(OC(=O)NCCCO)c1. The van der Waals surface area contributed by atoms with Gasteiger partial charge in [-0.2, -0.15) is 0 Å². The minimum Gasteiger partial charge on any atom is -0.410 e. The smallest absolute Gasteiger partial charge is 0.410 e. The number of carbonyl (C=O) groups is 1. The van der Waals surface area contributed by atoms with E-state index in [0.717, 1.165) is 5.56 Å². The molecule has 1 rings (SSSR count). The van der Waals surface area contributed by atoms with E-state index < -0.39 is 6.09 Å². The van der Waals surface area contributed by atoms with Gasteiger partial charge in [0.2, 0.25) is 0 Å². The fourth-order valence-electron chi connectivity index (χ4n) is 1.35. The number of rotatable bonds is 5. The van der Waals surface area contributed by atoms with Crippen LogP contribution in [-0.4, -0.2) is 24.4 Å². The van der Waals surface area contributed by atoms with Gasteiger partial charge in [-0.1, -0.05) is 26.0 Å². The van der Waals surface area contributed by atoms with E-state index in [1.54, 1.807) is 6.07 Å². The van der Waals surface area contributed by atoms with Crippen molar-refractivity contribution in [3.8, 4) is 5.75 Å². The summed E-state index contributed by atoms with van der Waals surface area (Å²) in [6.07, 6.45) is 0.0422. The number of hydrogen-bond acceptors (Lipinski definition) is 3. The number of amides is 1. The minimum atomic E-state index is -0.487. The maximum Gasteiger partial charge on any atom is 0.412 e. The van der Waals surface area contributed by atoms with Crippen LogP contribution in [0.5, 0.6) is 5.75 Å². The Hall–Kier alpha value is -1.55. The quantitative estimate of drug-likeness (QED) is 0.772. The van der Waals surface area contributed by atoms with Crippen molar-refractivity contribution in [2.45, 2.75) is 26.2 Å². The van der Waals surface area contributed by atoms with Gasteiger partial charge >= 0.3 is 6.09 Å². The van der Waals surface area contributed by atoms with Crippen LogP contribution in [0.15, 0.2) is 24.3 Å². The molecule has 4 nitrogen and oxygen atoms in total. The van der Waals surface area contributed by atoms with Crippen molar-refractivity contribution in [2.75, 3.05) is 13.2 Å². The van der Waals surface area contributed by atoms with E-state index in [9.17, 15) is 4.79 Å². The highest BCUT2D eigenvalue weighted by Crippen LogP contribution is 2.20. The highest BCUT2D eigenvalue weighted by molar-refractivity contribution is 5.70. The summed E-state index contributed by atoms with van der Waals surface area (Å²) in [6, 6.07) is 7.47. The molecule has 0 saturated carbocycles. The summed E-state index contributed by atoms with van der Waals surface area (Å²) in [6.45, 7) is 4.64. The largest absolute Gasteiger partial charge is 0.412 e. The van der Waals surface area contributed by atoms with E-state index in [-0.39, 0.29) is 6.61 Å². The van der Waals surface area contributed by atoms with Crippen LogP contribution in [0, 0.1) is 0 Å². The zero-order valence-corrected chi connectivity index (χ0v) is 10.3. The fourth-order valence-corrected chi connectivity index (χ4v) is 1.35. The van der Waals surface area contributed by atoms with Crippen molar-refractivity contribution in [3.63, 3.8) is 0 Å². The summed E-state index contributed by atoms with van der Waals surface area (Å²) in [5.74, 6) is 0.939. The number of ether oxygens (including phenoxy) is 1. The first-order valence-electron chi connectivity index (χ1n) is 5.80. The van der Waals surface area contributed by atoms with Crippen LogP contribution in [-0.2, 0) is 0 Å². The first-order valence-corrected chi connectivity index (χ1v) is 5.80. The summed E-state index contributed by atoms with van der Waals surface area (Å²) in [5, 5.41) is 11.1. The van der Waals surface area contributed by atoms with Gasteiger partial charge in [-0.25, -0.2) is 4.79 Å². The van der Waals surface area contributed by atoms with Gasteiger partial charge in [0.25, 0.3) is 0 Å². The second kappa shape index (κ2) is 6.91. The molecular weight excluding hydrogens is 218 g/mol. The number of nitrogens with one attached hydrogen (secondary N) is 1. The molecule has 0 heterocycles. The molecular formula is C13H19NO3. The molecule has 94 valence electrons. The van der Waals surface area contributed by atoms with Crippen LogP contribution in [0.1, 0.15) is 31.7 Å². The Balaban J connectivity index is 2.50. The highest BCUT2D eigenvalue weighted by Gasteiger charge is 2.05. The first kappa shape index (κ1) is 13.5. The molecule has 17 heavy (non-hydrogen) atoms. The summed E-state index contributed by atoms with van der Waals surface area (Å²) >= 11 is 0. The average molecular weight is 237 g/mol. The Bertz CT molecular complexity index is 363. The maximum atomic E-state index is 11.4. The number of carbonyl (C=O) groups excluding carboxylic acids is 1. The van der Waals surface area contributed by atoms with Crippen molar-refractivity contribution in [2.24, 2.45) is 0 Å². The van der Waals surface area contributed by atoms with Crippen molar-refractivity contribution >= 4 is 6.09 Å². The average Bonchev–Trinajstić information content (AvgIpc) is 2.29. The van der Waals surface area contributed by atoms with Crippen LogP contribution in [0.4, 0.5) is 4.79 Å². The summed E-state index contributed by atoms with van der Waals surface area (Å²) in [4.78, 5) is 11.4. The molecule has 0 aliphatic rings. The van der Waals surface area contributed by atoms with E-state index in [1.807, 2.05) is 18.2 Å². The molecule has 0 saturated heterocycles. The lowest BCUT2D eigenvalue weighted by atomic mass is 10.0. The number of aliphatic hydroxyl groups excluding tert-OH is 1. The van der Waals surface area contributed by atoms with Gasteiger partial charge in [0.05, 0.1) is 0 Å². The monoisotopic (exact) mass is 237 g/mol. The topological polar surface area (TPSA) is 58.6 Å². The zero-order chi connectivity index (χ0) is 12.7. The lowest BCUT2D eigenvalue weighted by Crippen LogP contribution is -2.28. The van der Waals surface area contributed by atoms with Crippen molar-refractivity contribution < 1.29 is 14.6 Å². The molecule has 1 aromatic rings.